The number of ether oxygens (including phenoxy) is 1. The average molecular weight is 550 g/mol. The molecule has 1 unspecified atom stereocenters. The number of anilines is 2. The summed E-state index contributed by atoms with van der Waals surface area (Å²) in [6.07, 6.45) is 3.29. The van der Waals surface area contributed by atoms with E-state index in [1.807, 2.05) is 47.0 Å². The van der Waals surface area contributed by atoms with E-state index in [0.29, 0.717) is 27.9 Å². The number of carbonyl (C=O) groups excluding carboxylic acids is 1. The Bertz CT molecular complexity index is 1540. The molecule has 0 radical (unpaired) electrons. The highest BCUT2D eigenvalue weighted by molar-refractivity contribution is 6.30. The van der Waals surface area contributed by atoms with Gasteiger partial charge < -0.3 is 19.9 Å². The van der Waals surface area contributed by atoms with Crippen LogP contribution in [0, 0.1) is 12.8 Å². The standard InChI is InChI=1S/C28H32ClN7O3/c1-15(2)23(32-19-13-31-28(34(4)5)33-25(19)39-7)21-22(30)27(38)36(20-12-16(3)14-35(6)26(20)37)24(21)17-8-10-18(29)11-9-17/h8-15,24H,30H2,1-7H3. The molecule has 2 N–H and O–H groups in total. The van der Waals surface area contributed by atoms with Gasteiger partial charge in [0, 0.05) is 37.9 Å². The second-order valence-corrected chi connectivity index (χ2v) is 10.3. The van der Waals surface area contributed by atoms with Gasteiger partial charge in [0.1, 0.15) is 17.1 Å². The van der Waals surface area contributed by atoms with Gasteiger partial charge in [0.25, 0.3) is 11.5 Å². The van der Waals surface area contributed by atoms with E-state index in [1.54, 1.807) is 42.5 Å². The van der Waals surface area contributed by atoms with Gasteiger partial charge in [-0.3, -0.25) is 14.5 Å². The van der Waals surface area contributed by atoms with Crippen LogP contribution in [0.15, 0.2) is 63.8 Å². The molecule has 1 aromatic carbocycles. The number of hydrogen-bond acceptors (Lipinski definition) is 8. The molecule has 204 valence electrons. The molecule has 4 rings (SSSR count). The first-order chi connectivity index (χ1) is 18.4. The van der Waals surface area contributed by atoms with E-state index >= 15 is 0 Å². The van der Waals surface area contributed by atoms with Crippen LogP contribution in [0.1, 0.15) is 31.0 Å². The Morgan fingerprint density at radius 2 is 1.87 bits per heavy atom. The second kappa shape index (κ2) is 10.9. The van der Waals surface area contributed by atoms with E-state index in [0.717, 1.165) is 11.1 Å². The molecule has 1 amide bonds. The molecule has 0 bridgehead atoms. The van der Waals surface area contributed by atoms with Gasteiger partial charge in [0.15, 0.2) is 0 Å². The summed E-state index contributed by atoms with van der Waals surface area (Å²) in [6, 6.07) is 8.09. The zero-order chi connectivity index (χ0) is 28.6. The molecule has 0 spiro atoms. The normalized spacial score (nSPS) is 15.9. The number of aryl methyl sites for hydroxylation is 2. The topological polar surface area (TPSA) is 119 Å². The number of aromatic nitrogens is 3. The Labute approximate surface area is 232 Å². The van der Waals surface area contributed by atoms with Crippen molar-refractivity contribution in [1.29, 1.82) is 0 Å². The molecule has 0 saturated heterocycles. The van der Waals surface area contributed by atoms with E-state index in [2.05, 4.69) is 9.97 Å². The maximum Gasteiger partial charge on any atom is 0.275 e. The fraction of sp³-hybridized carbons (Fsp3) is 0.321. The number of methoxy groups -OCH3 is 1. The van der Waals surface area contributed by atoms with Crippen molar-refractivity contribution in [2.45, 2.75) is 26.8 Å². The number of pyridine rings is 1. The number of amides is 1. The molecule has 3 aromatic rings. The Morgan fingerprint density at radius 3 is 2.46 bits per heavy atom. The molecule has 3 heterocycles. The monoisotopic (exact) mass is 549 g/mol. The third kappa shape index (κ3) is 5.24. The molecule has 1 atom stereocenters. The molecule has 39 heavy (non-hydrogen) atoms. The summed E-state index contributed by atoms with van der Waals surface area (Å²) >= 11 is 6.20. The van der Waals surface area contributed by atoms with Gasteiger partial charge in [-0.05, 0) is 42.2 Å². The van der Waals surface area contributed by atoms with Crippen LogP contribution in [0.5, 0.6) is 5.88 Å². The number of rotatable bonds is 7. The quantitative estimate of drug-likeness (QED) is 0.443. The van der Waals surface area contributed by atoms with Crippen LogP contribution in [-0.4, -0.2) is 47.4 Å². The van der Waals surface area contributed by atoms with Crippen LogP contribution in [0.2, 0.25) is 5.02 Å². The van der Waals surface area contributed by atoms with Gasteiger partial charge in [-0.1, -0.05) is 37.6 Å². The van der Waals surface area contributed by atoms with Gasteiger partial charge >= 0.3 is 0 Å². The van der Waals surface area contributed by atoms with E-state index in [4.69, 9.17) is 27.1 Å². The molecule has 1 aliphatic heterocycles. The van der Waals surface area contributed by atoms with E-state index in [9.17, 15) is 9.59 Å². The number of nitrogens with two attached hydrogens (primary N) is 1. The summed E-state index contributed by atoms with van der Waals surface area (Å²) < 4.78 is 6.97. The van der Waals surface area contributed by atoms with Crippen molar-refractivity contribution in [2.24, 2.45) is 23.7 Å². The third-order valence-electron chi connectivity index (χ3n) is 6.40. The SMILES string of the molecule is COc1nc(N(C)C)ncc1N=C(C1=C(N)C(=O)N(c2cc(C)cn(C)c2=O)C1c1ccc(Cl)cc1)C(C)C. The second-order valence-electron chi connectivity index (χ2n) is 9.89. The van der Waals surface area contributed by atoms with Crippen molar-refractivity contribution >= 4 is 40.5 Å². The van der Waals surface area contributed by atoms with Crippen molar-refractivity contribution in [3.8, 4) is 5.88 Å². The minimum atomic E-state index is -0.724. The zero-order valence-electron chi connectivity index (χ0n) is 23.1. The summed E-state index contributed by atoms with van der Waals surface area (Å²) in [4.78, 5) is 44.0. The van der Waals surface area contributed by atoms with Crippen LogP contribution in [0.25, 0.3) is 0 Å². The number of aliphatic imine (C=N–C) groups is 1. The Hall–Kier alpha value is -4.18. The number of benzene rings is 1. The first-order valence-corrected chi connectivity index (χ1v) is 12.8. The number of nitrogens with zero attached hydrogens (tertiary/aromatic N) is 6. The van der Waals surface area contributed by atoms with Gasteiger partial charge in [0.2, 0.25) is 11.8 Å². The summed E-state index contributed by atoms with van der Waals surface area (Å²) in [5, 5.41) is 0.542. The predicted molar refractivity (Wildman–Crippen MR) is 154 cm³/mol. The third-order valence-corrected chi connectivity index (χ3v) is 6.65. The van der Waals surface area contributed by atoms with Crippen molar-refractivity contribution in [1.82, 2.24) is 14.5 Å². The lowest BCUT2D eigenvalue weighted by atomic mass is 9.90. The summed E-state index contributed by atoms with van der Waals surface area (Å²) in [5.74, 6) is 0.0989. The zero-order valence-corrected chi connectivity index (χ0v) is 23.8. The van der Waals surface area contributed by atoms with Gasteiger partial charge in [-0.15, -0.1) is 0 Å². The smallest absolute Gasteiger partial charge is 0.275 e. The van der Waals surface area contributed by atoms with Crippen LogP contribution in [-0.2, 0) is 11.8 Å². The fourth-order valence-electron chi connectivity index (χ4n) is 4.58. The Morgan fingerprint density at radius 1 is 1.21 bits per heavy atom. The lowest BCUT2D eigenvalue weighted by molar-refractivity contribution is -0.114. The van der Waals surface area contributed by atoms with Crippen molar-refractivity contribution in [2.75, 3.05) is 31.0 Å². The van der Waals surface area contributed by atoms with E-state index in [-0.39, 0.29) is 28.7 Å². The van der Waals surface area contributed by atoms with Gasteiger partial charge in [0.05, 0.1) is 25.1 Å². The molecule has 2 aromatic heterocycles. The molecule has 0 aliphatic carbocycles. The van der Waals surface area contributed by atoms with E-state index < -0.39 is 11.9 Å². The highest BCUT2D eigenvalue weighted by Crippen LogP contribution is 2.42. The summed E-state index contributed by atoms with van der Waals surface area (Å²) in [6.45, 7) is 5.78. The lowest BCUT2D eigenvalue weighted by Crippen LogP contribution is -2.37. The molecule has 11 heteroatoms. The molecule has 10 nitrogen and oxygen atoms in total. The van der Waals surface area contributed by atoms with E-state index in [1.165, 1.54) is 16.6 Å². The predicted octanol–water partition coefficient (Wildman–Crippen LogP) is 3.94. The minimum Gasteiger partial charge on any atom is -0.479 e. The fourth-order valence-corrected chi connectivity index (χ4v) is 4.71. The van der Waals surface area contributed by atoms with Crippen LogP contribution in [0.3, 0.4) is 0 Å². The summed E-state index contributed by atoms with van der Waals surface area (Å²) in [5.41, 5.74) is 9.46. The van der Waals surface area contributed by atoms with Crippen LogP contribution < -0.4 is 25.8 Å². The average Bonchev–Trinajstić information content (AvgIpc) is 3.14. The number of carbonyl (C=O) groups is 1. The maximum atomic E-state index is 13.8. The van der Waals surface area contributed by atoms with Crippen molar-refractivity contribution in [3.63, 3.8) is 0 Å². The lowest BCUT2D eigenvalue weighted by Gasteiger charge is -2.29. The van der Waals surface area contributed by atoms with Gasteiger partial charge in [-0.25, -0.2) is 9.98 Å². The Kier molecular flexibility index (Phi) is 7.78. The largest absolute Gasteiger partial charge is 0.479 e. The van der Waals surface area contributed by atoms with Crippen LogP contribution in [0.4, 0.5) is 17.3 Å². The first kappa shape index (κ1) is 27.8. The van der Waals surface area contributed by atoms with Crippen molar-refractivity contribution in [3.05, 3.63) is 80.5 Å². The van der Waals surface area contributed by atoms with Crippen LogP contribution >= 0.6 is 11.6 Å². The molecular formula is C28H32ClN7O3. The molecular weight excluding hydrogens is 518 g/mol. The maximum absolute atomic E-state index is 13.8. The minimum absolute atomic E-state index is 0.00996. The molecule has 0 saturated carbocycles. The molecule has 1 aliphatic rings. The Balaban J connectivity index is 1.98. The summed E-state index contributed by atoms with van der Waals surface area (Å²) in [7, 11) is 6.81. The number of hydrogen-bond donors (Lipinski definition) is 1. The molecule has 0 fully saturated rings. The first-order valence-electron chi connectivity index (χ1n) is 12.4. The van der Waals surface area contributed by atoms with Crippen molar-refractivity contribution < 1.29 is 9.53 Å². The highest BCUT2D eigenvalue weighted by atomic mass is 35.5. The van der Waals surface area contributed by atoms with Gasteiger partial charge in [-0.2, -0.15) is 4.98 Å². The highest BCUT2D eigenvalue weighted by Gasteiger charge is 2.43. The number of halogens is 1.